The van der Waals surface area contributed by atoms with Crippen LogP contribution in [0.1, 0.15) is 245 Å². The van der Waals surface area contributed by atoms with Crippen molar-refractivity contribution in [3.63, 3.8) is 0 Å². The smallest absolute Gasteiger partial charge is 0.379 e. The summed E-state index contributed by atoms with van der Waals surface area (Å²) in [6.07, 6.45) is 48.2. The average molecular weight is 733 g/mol. The van der Waals surface area contributed by atoms with E-state index in [-0.39, 0.29) is 6.61 Å². The summed E-state index contributed by atoms with van der Waals surface area (Å²) >= 11 is 0. The Morgan fingerprint density at radius 1 is 0.380 bits per heavy atom. The van der Waals surface area contributed by atoms with Crippen molar-refractivity contribution in [3.8, 4) is 0 Å². The molecular formula is C43H89O6P. The molecule has 0 aliphatic rings. The van der Waals surface area contributed by atoms with Crippen LogP contribution < -0.4 is 0 Å². The fourth-order valence-electron chi connectivity index (χ4n) is 6.90. The number of rotatable bonds is 44. The van der Waals surface area contributed by atoms with Crippen molar-refractivity contribution in [2.45, 2.75) is 251 Å². The van der Waals surface area contributed by atoms with Gasteiger partial charge in [-0.2, -0.15) is 0 Å². The predicted molar refractivity (Wildman–Crippen MR) is 216 cm³/mol. The van der Waals surface area contributed by atoms with Crippen LogP contribution in [0.4, 0.5) is 0 Å². The van der Waals surface area contributed by atoms with Gasteiger partial charge < -0.3 is 19.3 Å². The molecule has 0 unspecified atom stereocenters. The van der Waals surface area contributed by atoms with Crippen molar-refractivity contribution in [3.05, 3.63) is 0 Å². The second-order valence-electron chi connectivity index (χ2n) is 15.4. The second kappa shape index (κ2) is 41.8. The third-order valence-electron chi connectivity index (χ3n) is 10.2. The third kappa shape index (κ3) is 44.2. The van der Waals surface area contributed by atoms with E-state index < -0.39 is 13.9 Å². The Kier molecular flexibility index (Phi) is 41.8. The zero-order valence-electron chi connectivity index (χ0n) is 33.8. The number of hydrogen-bond donors (Lipinski definition) is 2. The third-order valence-corrected chi connectivity index (χ3v) is 10.7. The fraction of sp³-hybridized carbons (Fsp3) is 1.00. The van der Waals surface area contributed by atoms with Gasteiger partial charge in [-0.1, -0.05) is 232 Å². The van der Waals surface area contributed by atoms with Crippen LogP contribution in [0.3, 0.4) is 0 Å². The molecule has 6 nitrogen and oxygen atoms in total. The van der Waals surface area contributed by atoms with Crippen LogP contribution in [0, 0.1) is 0 Å². The summed E-state index contributed by atoms with van der Waals surface area (Å²) in [6.45, 7) is 5.99. The lowest BCUT2D eigenvalue weighted by atomic mass is 10.0. The largest absolute Gasteiger partial charge is 0.469 e. The SMILES string of the molecule is CCCCCCCCCCCCCCCCCCCCOC[C@H](COP(=O)(O)O)OCCCCCCCCCCCCCCCCCCCC. The quantitative estimate of drug-likeness (QED) is 0.0479. The molecule has 0 amide bonds. The molecular weight excluding hydrogens is 643 g/mol. The number of ether oxygens (including phenoxy) is 2. The minimum absolute atomic E-state index is 0.136. The van der Waals surface area contributed by atoms with Crippen LogP contribution in [0.25, 0.3) is 0 Å². The van der Waals surface area contributed by atoms with Crippen LogP contribution in [0.5, 0.6) is 0 Å². The Morgan fingerprint density at radius 3 is 0.920 bits per heavy atom. The lowest BCUT2D eigenvalue weighted by Gasteiger charge is -2.18. The standard InChI is InChI=1S/C43H89O6P/c1-3-5-7-9-11-13-15-17-19-21-23-25-27-29-31-33-35-37-39-47-41-43(42-49-50(44,45)46)48-40-38-36-34-32-30-28-26-24-22-20-18-16-14-12-10-8-6-4-2/h43H,3-42H2,1-2H3,(H2,44,45,46)/t43-/m1/s1. The normalized spacial score (nSPS) is 12.6. The highest BCUT2D eigenvalue weighted by Crippen LogP contribution is 2.35. The van der Waals surface area contributed by atoms with Crippen molar-refractivity contribution in [1.82, 2.24) is 0 Å². The number of phosphoric ester groups is 1. The van der Waals surface area contributed by atoms with Gasteiger partial charge in [-0.3, -0.25) is 4.52 Å². The van der Waals surface area contributed by atoms with Crippen LogP contribution >= 0.6 is 7.82 Å². The molecule has 50 heavy (non-hydrogen) atoms. The Bertz CT molecular complexity index is 672. The highest BCUT2D eigenvalue weighted by Gasteiger charge is 2.19. The van der Waals surface area contributed by atoms with E-state index in [1.807, 2.05) is 0 Å². The summed E-state index contributed by atoms with van der Waals surface area (Å²) in [6, 6.07) is 0. The topological polar surface area (TPSA) is 85.2 Å². The molecule has 0 fully saturated rings. The minimum Gasteiger partial charge on any atom is -0.379 e. The van der Waals surface area contributed by atoms with Gasteiger partial charge in [0.15, 0.2) is 0 Å². The van der Waals surface area contributed by atoms with Crippen molar-refractivity contribution >= 4 is 7.82 Å². The average Bonchev–Trinajstić information content (AvgIpc) is 3.10. The van der Waals surface area contributed by atoms with Gasteiger partial charge in [0, 0.05) is 13.2 Å². The first-order chi connectivity index (χ1) is 24.5. The van der Waals surface area contributed by atoms with E-state index in [0.29, 0.717) is 19.8 Å². The number of unbranched alkanes of at least 4 members (excludes halogenated alkanes) is 34. The van der Waals surface area contributed by atoms with E-state index >= 15 is 0 Å². The van der Waals surface area contributed by atoms with Crippen LogP contribution in [0.15, 0.2) is 0 Å². The summed E-state index contributed by atoms with van der Waals surface area (Å²) in [4.78, 5) is 18.3. The highest BCUT2D eigenvalue weighted by molar-refractivity contribution is 7.46. The van der Waals surface area contributed by atoms with E-state index in [1.54, 1.807) is 0 Å². The molecule has 0 bridgehead atoms. The zero-order valence-corrected chi connectivity index (χ0v) is 34.7. The summed E-state index contributed by atoms with van der Waals surface area (Å²) in [5.74, 6) is 0. The van der Waals surface area contributed by atoms with Gasteiger partial charge in [0.05, 0.1) is 13.2 Å². The summed E-state index contributed by atoms with van der Waals surface area (Å²) in [7, 11) is -4.52. The molecule has 1 atom stereocenters. The molecule has 0 radical (unpaired) electrons. The molecule has 0 heterocycles. The molecule has 7 heteroatoms. The second-order valence-corrected chi connectivity index (χ2v) is 16.6. The van der Waals surface area contributed by atoms with Crippen LogP contribution in [-0.4, -0.2) is 42.3 Å². The lowest BCUT2D eigenvalue weighted by molar-refractivity contribution is -0.0429. The number of hydrogen-bond acceptors (Lipinski definition) is 4. The predicted octanol–water partition coefficient (Wildman–Crippen LogP) is 14.6. The van der Waals surface area contributed by atoms with E-state index in [2.05, 4.69) is 13.8 Å². The van der Waals surface area contributed by atoms with Gasteiger partial charge in [0.1, 0.15) is 6.10 Å². The Hall–Kier alpha value is 0.0300. The molecule has 0 aliphatic carbocycles. The molecule has 0 aliphatic heterocycles. The molecule has 0 spiro atoms. The maximum atomic E-state index is 11.2. The van der Waals surface area contributed by atoms with E-state index in [0.717, 1.165) is 19.3 Å². The highest BCUT2D eigenvalue weighted by atomic mass is 31.2. The molecule has 0 aromatic heterocycles. The maximum absolute atomic E-state index is 11.2. The van der Waals surface area contributed by atoms with Gasteiger partial charge in [-0.05, 0) is 12.8 Å². The summed E-state index contributed by atoms with van der Waals surface area (Å²) in [5.41, 5.74) is 0. The number of phosphoric acid groups is 1. The van der Waals surface area contributed by atoms with Gasteiger partial charge in [-0.15, -0.1) is 0 Å². The first kappa shape index (κ1) is 50.0. The van der Waals surface area contributed by atoms with Crippen LogP contribution in [0.2, 0.25) is 0 Å². The lowest BCUT2D eigenvalue weighted by Crippen LogP contribution is -2.26. The first-order valence-corrected chi connectivity index (χ1v) is 23.9. The molecule has 302 valence electrons. The van der Waals surface area contributed by atoms with Crippen molar-refractivity contribution < 1.29 is 28.3 Å². The molecule has 0 rings (SSSR count). The fourth-order valence-corrected chi connectivity index (χ4v) is 7.26. The Balaban J connectivity index is 3.59. The van der Waals surface area contributed by atoms with Crippen molar-refractivity contribution in [2.24, 2.45) is 0 Å². The van der Waals surface area contributed by atoms with Gasteiger partial charge in [-0.25, -0.2) is 4.57 Å². The maximum Gasteiger partial charge on any atom is 0.469 e. The van der Waals surface area contributed by atoms with Crippen LogP contribution in [-0.2, 0) is 18.6 Å². The van der Waals surface area contributed by atoms with Gasteiger partial charge in [0.2, 0.25) is 0 Å². The van der Waals surface area contributed by atoms with Crippen molar-refractivity contribution in [2.75, 3.05) is 26.4 Å². The molecule has 0 saturated heterocycles. The molecule has 2 N–H and O–H groups in total. The molecule has 0 saturated carbocycles. The van der Waals surface area contributed by atoms with Gasteiger partial charge >= 0.3 is 7.82 Å². The Labute approximate surface area is 313 Å². The van der Waals surface area contributed by atoms with E-state index in [1.165, 1.54) is 212 Å². The minimum atomic E-state index is -4.52. The Morgan fingerprint density at radius 2 is 0.640 bits per heavy atom. The summed E-state index contributed by atoms with van der Waals surface area (Å²) < 4.78 is 27.7. The van der Waals surface area contributed by atoms with E-state index in [4.69, 9.17) is 23.8 Å². The zero-order chi connectivity index (χ0) is 36.5. The van der Waals surface area contributed by atoms with E-state index in [9.17, 15) is 4.57 Å². The van der Waals surface area contributed by atoms with Gasteiger partial charge in [0.25, 0.3) is 0 Å². The van der Waals surface area contributed by atoms with Crippen molar-refractivity contribution in [1.29, 1.82) is 0 Å². The monoisotopic (exact) mass is 733 g/mol. The molecule has 0 aromatic carbocycles. The first-order valence-electron chi connectivity index (χ1n) is 22.4. The summed E-state index contributed by atoms with van der Waals surface area (Å²) in [5, 5.41) is 0. The molecule has 0 aromatic rings.